The second-order valence-electron chi connectivity index (χ2n) is 7.44. The maximum Gasteiger partial charge on any atom is 0.237 e. The zero-order valence-electron chi connectivity index (χ0n) is 17.6. The number of carbonyl (C=O) groups excluding carboxylic acids is 1. The number of nitrogens with one attached hydrogen (secondary N) is 2. The van der Waals surface area contributed by atoms with Gasteiger partial charge in [0, 0.05) is 23.4 Å². The molecule has 1 atom stereocenters. The highest BCUT2D eigenvalue weighted by Crippen LogP contribution is 2.29. The van der Waals surface area contributed by atoms with Crippen LogP contribution >= 0.6 is 11.8 Å². The molecule has 4 aromatic rings. The number of hydrogen-bond donors (Lipinski definition) is 2. The standard InChI is InChI=1S/C26H25N3OS/c1-18-24(17-20-11-5-3-6-12-20)29-26(27-18)31-19(2)25(30)28-23-16-10-9-15-22(23)21-13-7-4-8-14-21/h3-16,19H,17H2,1-2H3,(H,27,29)(H,28,30). The average molecular weight is 428 g/mol. The molecule has 3 aromatic carbocycles. The summed E-state index contributed by atoms with van der Waals surface area (Å²) < 4.78 is 0. The molecule has 0 radical (unpaired) electrons. The lowest BCUT2D eigenvalue weighted by Crippen LogP contribution is -2.22. The van der Waals surface area contributed by atoms with Crippen LogP contribution in [0.25, 0.3) is 11.1 Å². The fourth-order valence-electron chi connectivity index (χ4n) is 3.40. The summed E-state index contributed by atoms with van der Waals surface area (Å²) in [6.07, 6.45) is 0.773. The molecule has 5 heteroatoms. The van der Waals surface area contributed by atoms with Crippen molar-refractivity contribution < 1.29 is 4.79 Å². The van der Waals surface area contributed by atoms with Crippen molar-refractivity contribution in [1.29, 1.82) is 0 Å². The summed E-state index contributed by atoms with van der Waals surface area (Å²) >= 11 is 1.44. The van der Waals surface area contributed by atoms with E-state index in [4.69, 9.17) is 4.98 Å². The fraction of sp³-hybridized carbons (Fsp3) is 0.154. The molecule has 0 fully saturated rings. The molecule has 1 aromatic heterocycles. The van der Waals surface area contributed by atoms with Crippen molar-refractivity contribution in [2.45, 2.75) is 30.7 Å². The van der Waals surface area contributed by atoms with Gasteiger partial charge in [0.05, 0.1) is 10.9 Å². The first-order chi connectivity index (χ1) is 15.1. The second-order valence-corrected chi connectivity index (χ2v) is 8.77. The zero-order chi connectivity index (χ0) is 21.6. The Morgan fingerprint density at radius 2 is 1.61 bits per heavy atom. The summed E-state index contributed by atoms with van der Waals surface area (Å²) in [4.78, 5) is 21.0. The molecule has 0 saturated carbocycles. The van der Waals surface area contributed by atoms with Crippen molar-refractivity contribution in [2.24, 2.45) is 0 Å². The van der Waals surface area contributed by atoms with Gasteiger partial charge in [0.1, 0.15) is 0 Å². The Hall–Kier alpha value is -3.31. The first-order valence-electron chi connectivity index (χ1n) is 10.3. The van der Waals surface area contributed by atoms with Gasteiger partial charge in [-0.3, -0.25) is 4.79 Å². The van der Waals surface area contributed by atoms with Crippen LogP contribution in [0.2, 0.25) is 0 Å². The van der Waals surface area contributed by atoms with Crippen molar-refractivity contribution in [1.82, 2.24) is 9.97 Å². The molecular weight excluding hydrogens is 402 g/mol. The van der Waals surface area contributed by atoms with E-state index in [0.717, 1.165) is 39.8 Å². The third kappa shape index (κ3) is 5.25. The molecule has 2 N–H and O–H groups in total. The third-order valence-corrected chi connectivity index (χ3v) is 6.09. The molecule has 0 aliphatic rings. The molecule has 0 bridgehead atoms. The number of aryl methyl sites for hydroxylation is 1. The Balaban J connectivity index is 1.44. The number of hydrogen-bond acceptors (Lipinski definition) is 3. The van der Waals surface area contributed by atoms with E-state index in [-0.39, 0.29) is 11.2 Å². The minimum Gasteiger partial charge on any atom is -0.337 e. The molecule has 0 aliphatic heterocycles. The van der Waals surface area contributed by atoms with Gasteiger partial charge in [0.15, 0.2) is 5.16 Å². The smallest absolute Gasteiger partial charge is 0.237 e. The van der Waals surface area contributed by atoms with Crippen LogP contribution in [0.4, 0.5) is 5.69 Å². The van der Waals surface area contributed by atoms with Gasteiger partial charge < -0.3 is 10.3 Å². The number of imidazole rings is 1. The summed E-state index contributed by atoms with van der Waals surface area (Å²) in [5.41, 5.74) is 6.16. The van der Waals surface area contributed by atoms with Crippen molar-refractivity contribution in [3.63, 3.8) is 0 Å². The lowest BCUT2D eigenvalue weighted by Gasteiger charge is -2.14. The summed E-state index contributed by atoms with van der Waals surface area (Å²) in [6, 6.07) is 28.2. The van der Waals surface area contributed by atoms with Crippen molar-refractivity contribution in [3.05, 3.63) is 102 Å². The maximum absolute atomic E-state index is 12.9. The van der Waals surface area contributed by atoms with Crippen LogP contribution < -0.4 is 5.32 Å². The summed E-state index contributed by atoms with van der Waals surface area (Å²) in [5.74, 6) is -0.0490. The molecule has 1 amide bonds. The number of carbonyl (C=O) groups is 1. The lowest BCUT2D eigenvalue weighted by atomic mass is 10.0. The molecule has 156 valence electrons. The van der Waals surface area contributed by atoms with Crippen LogP contribution in [0.15, 0.2) is 90.1 Å². The number of rotatable bonds is 7. The number of nitrogens with zero attached hydrogens (tertiary/aromatic N) is 1. The number of benzene rings is 3. The van der Waals surface area contributed by atoms with Crippen LogP contribution in [0.1, 0.15) is 23.9 Å². The predicted molar refractivity (Wildman–Crippen MR) is 128 cm³/mol. The van der Waals surface area contributed by atoms with E-state index in [2.05, 4.69) is 22.4 Å². The monoisotopic (exact) mass is 427 g/mol. The van der Waals surface area contributed by atoms with Gasteiger partial charge >= 0.3 is 0 Å². The quantitative estimate of drug-likeness (QED) is 0.351. The predicted octanol–water partition coefficient (Wildman–Crippen LogP) is 6.10. The van der Waals surface area contributed by atoms with Crippen LogP contribution in [0, 0.1) is 6.92 Å². The van der Waals surface area contributed by atoms with Gasteiger partial charge in [0.25, 0.3) is 0 Å². The molecule has 4 nitrogen and oxygen atoms in total. The molecule has 1 heterocycles. The Kier molecular flexibility index (Phi) is 6.53. The van der Waals surface area contributed by atoms with Crippen molar-refractivity contribution in [3.8, 4) is 11.1 Å². The Labute approximate surface area is 187 Å². The Morgan fingerprint density at radius 1 is 0.968 bits per heavy atom. The Bertz CT molecular complexity index is 1160. The number of amides is 1. The summed E-state index contributed by atoms with van der Waals surface area (Å²) in [6.45, 7) is 3.93. The molecule has 0 aliphatic carbocycles. The third-order valence-electron chi connectivity index (χ3n) is 5.11. The van der Waals surface area contributed by atoms with Gasteiger partial charge in [0.2, 0.25) is 5.91 Å². The topological polar surface area (TPSA) is 57.8 Å². The normalized spacial score (nSPS) is 11.8. The van der Waals surface area contributed by atoms with E-state index < -0.39 is 0 Å². The van der Waals surface area contributed by atoms with Crippen molar-refractivity contribution in [2.75, 3.05) is 5.32 Å². The number of aromatic nitrogens is 2. The van der Waals surface area contributed by atoms with Gasteiger partial charge in [-0.2, -0.15) is 0 Å². The first-order valence-corrected chi connectivity index (χ1v) is 11.2. The number of anilines is 1. The van der Waals surface area contributed by atoms with Gasteiger partial charge in [-0.15, -0.1) is 0 Å². The highest BCUT2D eigenvalue weighted by atomic mass is 32.2. The molecular formula is C26H25N3OS. The van der Waals surface area contributed by atoms with E-state index in [0.29, 0.717) is 0 Å². The molecule has 1 unspecified atom stereocenters. The lowest BCUT2D eigenvalue weighted by molar-refractivity contribution is -0.115. The zero-order valence-corrected chi connectivity index (χ0v) is 18.4. The van der Waals surface area contributed by atoms with Gasteiger partial charge in [-0.05, 0) is 31.0 Å². The number of thioether (sulfide) groups is 1. The largest absolute Gasteiger partial charge is 0.337 e. The average Bonchev–Trinajstić information content (AvgIpc) is 3.13. The maximum atomic E-state index is 12.9. The summed E-state index contributed by atoms with van der Waals surface area (Å²) in [5, 5.41) is 3.56. The molecule has 0 spiro atoms. The highest BCUT2D eigenvalue weighted by molar-refractivity contribution is 8.00. The Morgan fingerprint density at radius 3 is 2.35 bits per heavy atom. The summed E-state index contributed by atoms with van der Waals surface area (Å²) in [7, 11) is 0. The molecule has 0 saturated heterocycles. The van der Waals surface area contributed by atoms with Crippen molar-refractivity contribution >= 4 is 23.4 Å². The van der Waals surface area contributed by atoms with E-state index in [1.807, 2.05) is 86.6 Å². The van der Waals surface area contributed by atoms with Crippen LogP contribution in [-0.4, -0.2) is 21.1 Å². The van der Waals surface area contributed by atoms with Crippen LogP contribution in [0.3, 0.4) is 0 Å². The molecule has 4 rings (SSSR count). The highest BCUT2D eigenvalue weighted by Gasteiger charge is 2.19. The van der Waals surface area contributed by atoms with E-state index in [1.165, 1.54) is 17.3 Å². The van der Waals surface area contributed by atoms with E-state index in [9.17, 15) is 4.79 Å². The minimum atomic E-state index is -0.293. The number of H-pyrrole nitrogens is 1. The van der Waals surface area contributed by atoms with E-state index >= 15 is 0 Å². The second kappa shape index (κ2) is 9.67. The number of para-hydroxylation sites is 1. The minimum absolute atomic E-state index is 0.0490. The van der Waals surface area contributed by atoms with Gasteiger partial charge in [-0.1, -0.05) is 90.6 Å². The SMILES string of the molecule is Cc1[nH]c(SC(C)C(=O)Nc2ccccc2-c2ccccc2)nc1Cc1ccccc1. The number of aromatic amines is 1. The first kappa shape index (κ1) is 20.9. The van der Waals surface area contributed by atoms with Gasteiger partial charge in [-0.25, -0.2) is 4.98 Å². The van der Waals surface area contributed by atoms with Crippen LogP contribution in [0.5, 0.6) is 0 Å². The fourth-order valence-corrected chi connectivity index (χ4v) is 4.28. The van der Waals surface area contributed by atoms with Crippen LogP contribution in [-0.2, 0) is 11.2 Å². The molecule has 31 heavy (non-hydrogen) atoms. The van der Waals surface area contributed by atoms with E-state index in [1.54, 1.807) is 0 Å².